The molecule has 22 heavy (non-hydrogen) atoms. The summed E-state index contributed by atoms with van der Waals surface area (Å²) in [6, 6.07) is 11.4. The van der Waals surface area contributed by atoms with Crippen LogP contribution in [-0.4, -0.2) is 6.10 Å². The maximum absolute atomic E-state index is 6.14. The third-order valence-electron chi connectivity index (χ3n) is 3.33. The first-order valence-electron chi connectivity index (χ1n) is 7.13. The predicted octanol–water partition coefficient (Wildman–Crippen LogP) is 6.44. The fourth-order valence-electron chi connectivity index (χ4n) is 1.86. The standard InChI is InChI=1S/C17H18Cl3NO/c1-3-11(2)22-13-6-4-12(5-7-13)10-21-17-9-15(19)14(18)8-16(17)20/h4-9,11,21H,3,10H2,1-2H3. The summed E-state index contributed by atoms with van der Waals surface area (Å²) < 4.78 is 5.76. The van der Waals surface area contributed by atoms with Crippen molar-refractivity contribution >= 4 is 40.5 Å². The Labute approximate surface area is 146 Å². The minimum absolute atomic E-state index is 0.221. The molecule has 2 aromatic rings. The van der Waals surface area contributed by atoms with Crippen LogP contribution in [0.5, 0.6) is 5.75 Å². The van der Waals surface area contributed by atoms with Gasteiger partial charge in [0.15, 0.2) is 0 Å². The van der Waals surface area contributed by atoms with Crippen LogP contribution in [-0.2, 0) is 6.54 Å². The first-order chi connectivity index (χ1) is 10.5. The second kappa shape index (κ2) is 7.96. The van der Waals surface area contributed by atoms with Gasteiger partial charge in [-0.05, 0) is 43.2 Å². The van der Waals surface area contributed by atoms with E-state index in [0.29, 0.717) is 21.6 Å². The molecule has 0 amide bonds. The Kier molecular flexibility index (Phi) is 6.25. The molecule has 0 aliphatic carbocycles. The molecule has 1 atom stereocenters. The Morgan fingerprint density at radius 2 is 1.64 bits per heavy atom. The number of hydrogen-bond acceptors (Lipinski definition) is 2. The van der Waals surface area contributed by atoms with Crippen LogP contribution in [0.15, 0.2) is 36.4 Å². The lowest BCUT2D eigenvalue weighted by atomic mass is 10.2. The first kappa shape index (κ1) is 17.3. The minimum atomic E-state index is 0.221. The Bertz CT molecular complexity index is 629. The summed E-state index contributed by atoms with van der Waals surface area (Å²) in [4.78, 5) is 0. The summed E-state index contributed by atoms with van der Waals surface area (Å²) in [5, 5.41) is 4.73. The van der Waals surface area contributed by atoms with E-state index < -0.39 is 0 Å². The van der Waals surface area contributed by atoms with Gasteiger partial charge < -0.3 is 10.1 Å². The predicted molar refractivity (Wildman–Crippen MR) is 95.6 cm³/mol. The second-order valence-electron chi connectivity index (χ2n) is 5.08. The average Bonchev–Trinajstić information content (AvgIpc) is 2.51. The zero-order chi connectivity index (χ0) is 16.1. The van der Waals surface area contributed by atoms with Crippen molar-refractivity contribution in [2.24, 2.45) is 0 Å². The molecular weight excluding hydrogens is 341 g/mol. The van der Waals surface area contributed by atoms with Crippen LogP contribution < -0.4 is 10.1 Å². The van der Waals surface area contributed by atoms with E-state index in [1.165, 1.54) is 0 Å². The van der Waals surface area contributed by atoms with Crippen LogP contribution in [0.25, 0.3) is 0 Å². The zero-order valence-corrected chi connectivity index (χ0v) is 14.8. The van der Waals surface area contributed by atoms with Gasteiger partial charge in [-0.25, -0.2) is 0 Å². The molecule has 0 aliphatic heterocycles. The third kappa shape index (κ3) is 4.70. The van der Waals surface area contributed by atoms with E-state index in [4.69, 9.17) is 39.5 Å². The Morgan fingerprint density at radius 1 is 1.00 bits per heavy atom. The molecule has 0 bridgehead atoms. The maximum Gasteiger partial charge on any atom is 0.119 e. The molecule has 2 nitrogen and oxygen atoms in total. The van der Waals surface area contributed by atoms with E-state index in [2.05, 4.69) is 19.2 Å². The molecule has 0 fully saturated rings. The quantitative estimate of drug-likeness (QED) is 0.600. The van der Waals surface area contributed by atoms with Gasteiger partial charge in [-0.3, -0.25) is 0 Å². The molecule has 0 aromatic heterocycles. The number of benzene rings is 2. The van der Waals surface area contributed by atoms with Gasteiger partial charge in [0.05, 0.1) is 26.9 Å². The number of nitrogens with one attached hydrogen (secondary N) is 1. The van der Waals surface area contributed by atoms with Gasteiger partial charge in [-0.1, -0.05) is 53.9 Å². The monoisotopic (exact) mass is 357 g/mol. The second-order valence-corrected chi connectivity index (χ2v) is 6.30. The van der Waals surface area contributed by atoms with Crippen LogP contribution >= 0.6 is 34.8 Å². The van der Waals surface area contributed by atoms with E-state index >= 15 is 0 Å². The van der Waals surface area contributed by atoms with E-state index in [1.54, 1.807) is 12.1 Å². The van der Waals surface area contributed by atoms with Gasteiger partial charge in [0.1, 0.15) is 5.75 Å². The fourth-order valence-corrected chi connectivity index (χ4v) is 2.47. The summed E-state index contributed by atoms with van der Waals surface area (Å²) in [6.45, 7) is 4.80. The van der Waals surface area contributed by atoms with Crippen molar-refractivity contribution in [1.82, 2.24) is 0 Å². The van der Waals surface area contributed by atoms with Crippen molar-refractivity contribution < 1.29 is 4.74 Å². The van der Waals surface area contributed by atoms with Crippen LogP contribution in [0.3, 0.4) is 0 Å². The molecule has 0 spiro atoms. The van der Waals surface area contributed by atoms with Gasteiger partial charge in [-0.15, -0.1) is 0 Å². The van der Waals surface area contributed by atoms with Crippen molar-refractivity contribution in [3.8, 4) is 5.75 Å². The first-order valence-corrected chi connectivity index (χ1v) is 8.27. The van der Waals surface area contributed by atoms with E-state index in [9.17, 15) is 0 Å². The van der Waals surface area contributed by atoms with Gasteiger partial charge in [0.25, 0.3) is 0 Å². The molecule has 5 heteroatoms. The van der Waals surface area contributed by atoms with E-state index in [-0.39, 0.29) is 6.10 Å². The van der Waals surface area contributed by atoms with Gasteiger partial charge in [0.2, 0.25) is 0 Å². The van der Waals surface area contributed by atoms with Crippen molar-refractivity contribution in [2.45, 2.75) is 32.9 Å². The van der Waals surface area contributed by atoms with Crippen molar-refractivity contribution in [2.75, 3.05) is 5.32 Å². The molecule has 2 rings (SSSR count). The molecule has 0 radical (unpaired) electrons. The summed E-state index contributed by atoms with van der Waals surface area (Å²) in [5.41, 5.74) is 1.88. The van der Waals surface area contributed by atoms with Crippen LogP contribution in [0.1, 0.15) is 25.8 Å². The molecule has 1 unspecified atom stereocenters. The van der Waals surface area contributed by atoms with Crippen molar-refractivity contribution in [1.29, 1.82) is 0 Å². The third-order valence-corrected chi connectivity index (χ3v) is 4.36. The number of ether oxygens (including phenoxy) is 1. The lowest BCUT2D eigenvalue weighted by Crippen LogP contribution is -2.09. The summed E-state index contributed by atoms with van der Waals surface area (Å²) in [7, 11) is 0. The maximum atomic E-state index is 6.14. The molecule has 0 aliphatic rings. The molecular formula is C17H18Cl3NO. The number of rotatable bonds is 6. The Morgan fingerprint density at radius 3 is 2.27 bits per heavy atom. The Hall–Kier alpha value is -1.09. The smallest absolute Gasteiger partial charge is 0.119 e. The minimum Gasteiger partial charge on any atom is -0.491 e. The normalized spacial score (nSPS) is 12.0. The highest BCUT2D eigenvalue weighted by atomic mass is 35.5. The summed E-state index contributed by atoms with van der Waals surface area (Å²) in [6.07, 6.45) is 1.21. The summed E-state index contributed by atoms with van der Waals surface area (Å²) >= 11 is 18.1. The number of hydrogen-bond donors (Lipinski definition) is 1. The molecule has 0 heterocycles. The van der Waals surface area contributed by atoms with Gasteiger partial charge in [-0.2, -0.15) is 0 Å². The van der Waals surface area contributed by atoms with E-state index in [1.807, 2.05) is 24.3 Å². The molecule has 118 valence electrons. The molecule has 0 saturated carbocycles. The van der Waals surface area contributed by atoms with Gasteiger partial charge in [0, 0.05) is 6.54 Å². The molecule has 2 aromatic carbocycles. The topological polar surface area (TPSA) is 21.3 Å². The van der Waals surface area contributed by atoms with Crippen LogP contribution in [0.2, 0.25) is 15.1 Å². The van der Waals surface area contributed by atoms with Crippen LogP contribution in [0.4, 0.5) is 5.69 Å². The largest absolute Gasteiger partial charge is 0.491 e. The highest BCUT2D eigenvalue weighted by Crippen LogP contribution is 2.32. The Balaban J connectivity index is 1.99. The SMILES string of the molecule is CCC(C)Oc1ccc(CNc2cc(Cl)c(Cl)cc2Cl)cc1. The molecule has 1 N–H and O–H groups in total. The van der Waals surface area contributed by atoms with Crippen LogP contribution in [0, 0.1) is 0 Å². The zero-order valence-electron chi connectivity index (χ0n) is 12.5. The average molecular weight is 359 g/mol. The number of anilines is 1. The lowest BCUT2D eigenvalue weighted by Gasteiger charge is -2.13. The molecule has 0 saturated heterocycles. The van der Waals surface area contributed by atoms with E-state index in [0.717, 1.165) is 23.4 Å². The lowest BCUT2D eigenvalue weighted by molar-refractivity contribution is 0.217. The highest BCUT2D eigenvalue weighted by molar-refractivity contribution is 6.44. The number of halogens is 3. The highest BCUT2D eigenvalue weighted by Gasteiger charge is 2.06. The van der Waals surface area contributed by atoms with Crippen molar-refractivity contribution in [3.63, 3.8) is 0 Å². The van der Waals surface area contributed by atoms with Gasteiger partial charge >= 0.3 is 0 Å². The van der Waals surface area contributed by atoms with Crippen molar-refractivity contribution in [3.05, 3.63) is 57.0 Å². The summed E-state index contributed by atoms with van der Waals surface area (Å²) in [5.74, 6) is 0.880. The fraction of sp³-hybridized carbons (Fsp3) is 0.294.